The van der Waals surface area contributed by atoms with Crippen molar-refractivity contribution in [3.05, 3.63) is 94.0 Å². The molecule has 0 spiro atoms. The fourth-order valence-corrected chi connectivity index (χ4v) is 5.59. The molecule has 0 aliphatic heterocycles. The van der Waals surface area contributed by atoms with E-state index >= 15 is 0 Å². The van der Waals surface area contributed by atoms with Crippen molar-refractivity contribution in [2.45, 2.75) is 11.8 Å². The van der Waals surface area contributed by atoms with E-state index in [0.717, 1.165) is 0 Å². The van der Waals surface area contributed by atoms with Crippen molar-refractivity contribution >= 4 is 0 Å². The number of rotatable bonds is 18. The number of aliphatic hydroxyl groups is 2. The Bertz CT molecular complexity index is 1090. The van der Waals surface area contributed by atoms with Crippen LogP contribution in [0.25, 0.3) is 0 Å². The molecule has 2 bridgehead atoms. The van der Waals surface area contributed by atoms with E-state index in [1.54, 1.807) is 0 Å². The van der Waals surface area contributed by atoms with Crippen molar-refractivity contribution < 1.29 is 38.6 Å². The Morgan fingerprint density at radius 3 is 1.10 bits per heavy atom. The van der Waals surface area contributed by atoms with Crippen molar-refractivity contribution in [2.75, 3.05) is 79.3 Å². The third-order valence-corrected chi connectivity index (χ3v) is 7.19. The quantitative estimate of drug-likeness (QED) is 0.160. The molecule has 0 amide bonds. The van der Waals surface area contributed by atoms with E-state index in [0.29, 0.717) is 77.6 Å². The molecule has 0 saturated carbocycles. The summed E-state index contributed by atoms with van der Waals surface area (Å²) in [6, 6.07) is 21.7. The van der Waals surface area contributed by atoms with E-state index in [2.05, 4.69) is 60.7 Å². The minimum Gasteiger partial charge on any atom is -0.487 e. The van der Waals surface area contributed by atoms with Crippen molar-refractivity contribution in [3.8, 4) is 11.5 Å². The van der Waals surface area contributed by atoms with E-state index in [1.165, 1.54) is 33.4 Å². The summed E-state index contributed by atoms with van der Waals surface area (Å²) in [6.45, 7) is 3.92. The Kier molecular flexibility index (Phi) is 10.4. The molecule has 3 aromatic carbocycles. The van der Waals surface area contributed by atoms with Gasteiger partial charge in [-0.25, -0.2) is 0 Å². The average Bonchev–Trinajstić information content (AvgIpc) is 2.99. The lowest BCUT2D eigenvalue weighted by molar-refractivity contribution is 0.0222. The topological polar surface area (TPSA) is 95.8 Å². The smallest absolute Gasteiger partial charge is 0.161 e. The zero-order valence-electron chi connectivity index (χ0n) is 22.8. The molecule has 3 aliphatic carbocycles. The molecular weight excluding hydrogens is 512 g/mol. The SMILES string of the molecule is OCCOCCOCCOc1cc2c(cc1OCCOCCOCCO)C1c3ccccc3C2c2ccccc21. The summed E-state index contributed by atoms with van der Waals surface area (Å²) in [5, 5.41) is 17.6. The lowest BCUT2D eigenvalue weighted by atomic mass is 9.61. The summed E-state index contributed by atoms with van der Waals surface area (Å²) in [5.41, 5.74) is 7.89. The van der Waals surface area contributed by atoms with Crippen LogP contribution < -0.4 is 9.47 Å². The predicted octanol–water partition coefficient (Wildman–Crippen LogP) is 3.48. The van der Waals surface area contributed by atoms with Crippen molar-refractivity contribution in [1.29, 1.82) is 0 Å². The highest BCUT2D eigenvalue weighted by atomic mass is 16.6. The maximum atomic E-state index is 8.81. The average molecular weight is 551 g/mol. The van der Waals surface area contributed by atoms with Gasteiger partial charge in [-0.15, -0.1) is 0 Å². The second kappa shape index (κ2) is 14.6. The van der Waals surface area contributed by atoms with Crippen LogP contribution in [0.2, 0.25) is 0 Å². The van der Waals surface area contributed by atoms with Crippen molar-refractivity contribution in [3.63, 3.8) is 0 Å². The van der Waals surface area contributed by atoms with Crippen molar-refractivity contribution in [1.82, 2.24) is 0 Å². The van der Waals surface area contributed by atoms with Gasteiger partial charge in [-0.2, -0.15) is 0 Å². The molecule has 0 heterocycles. The van der Waals surface area contributed by atoms with E-state index in [9.17, 15) is 0 Å². The highest BCUT2D eigenvalue weighted by Crippen LogP contribution is 2.57. The Hall–Kier alpha value is -2.98. The van der Waals surface area contributed by atoms with Crippen LogP contribution in [-0.4, -0.2) is 89.5 Å². The maximum absolute atomic E-state index is 8.81. The van der Waals surface area contributed by atoms with E-state index in [4.69, 9.17) is 38.6 Å². The Balaban J connectivity index is 1.32. The number of hydrogen-bond donors (Lipinski definition) is 2. The summed E-state index contributed by atoms with van der Waals surface area (Å²) < 4.78 is 34.2. The molecule has 3 aromatic rings. The van der Waals surface area contributed by atoms with Gasteiger partial charge in [0.1, 0.15) is 13.2 Å². The van der Waals surface area contributed by atoms with E-state index in [-0.39, 0.29) is 25.0 Å². The third kappa shape index (κ3) is 6.49. The summed E-state index contributed by atoms with van der Waals surface area (Å²) in [5.74, 6) is 1.66. The highest BCUT2D eigenvalue weighted by Gasteiger charge is 2.41. The zero-order valence-corrected chi connectivity index (χ0v) is 22.8. The molecule has 0 aromatic heterocycles. The van der Waals surface area contributed by atoms with E-state index < -0.39 is 0 Å². The Morgan fingerprint density at radius 2 is 0.750 bits per heavy atom. The molecule has 40 heavy (non-hydrogen) atoms. The van der Waals surface area contributed by atoms with Crippen LogP contribution in [-0.2, 0) is 18.9 Å². The monoisotopic (exact) mass is 550 g/mol. The van der Waals surface area contributed by atoms with Crippen LogP contribution in [0.5, 0.6) is 11.5 Å². The second-order valence-corrected chi connectivity index (χ2v) is 9.65. The first-order chi connectivity index (χ1) is 19.8. The molecule has 2 N–H and O–H groups in total. The van der Waals surface area contributed by atoms with Gasteiger partial charge >= 0.3 is 0 Å². The van der Waals surface area contributed by atoms with Gasteiger partial charge < -0.3 is 38.6 Å². The number of hydrogen-bond acceptors (Lipinski definition) is 8. The van der Waals surface area contributed by atoms with Gasteiger partial charge in [-0.3, -0.25) is 0 Å². The van der Waals surface area contributed by atoms with E-state index in [1.807, 2.05) is 0 Å². The van der Waals surface area contributed by atoms with Crippen LogP contribution in [0, 0.1) is 0 Å². The Morgan fingerprint density at radius 1 is 0.425 bits per heavy atom. The van der Waals surface area contributed by atoms with Gasteiger partial charge in [0.05, 0.1) is 66.1 Å². The van der Waals surface area contributed by atoms with Gasteiger partial charge in [0.15, 0.2) is 11.5 Å². The molecular formula is C32H38O8. The van der Waals surface area contributed by atoms with Gasteiger partial charge in [0, 0.05) is 11.8 Å². The summed E-state index contributed by atoms with van der Waals surface area (Å²) in [7, 11) is 0. The highest BCUT2D eigenvalue weighted by molar-refractivity contribution is 5.70. The molecule has 0 radical (unpaired) electrons. The first kappa shape index (κ1) is 28.5. The Labute approximate surface area is 235 Å². The fraction of sp³-hybridized carbons (Fsp3) is 0.438. The minimum atomic E-state index is 0.00352. The first-order valence-electron chi connectivity index (χ1n) is 14.0. The normalized spacial score (nSPS) is 16.4. The molecule has 214 valence electrons. The van der Waals surface area contributed by atoms with Gasteiger partial charge in [0.25, 0.3) is 0 Å². The molecule has 8 nitrogen and oxygen atoms in total. The standard InChI is InChI=1S/C32H38O8/c33-9-11-35-13-15-37-17-19-39-29-21-27-28(22-30(29)40-20-18-38-16-14-36-12-10-34)32-24-6-2-1-5-23(24)31(27)25-7-3-4-8-26(25)32/h1-8,21-22,31-34H,9-20H2. The van der Waals surface area contributed by atoms with Crippen LogP contribution in [0.1, 0.15) is 45.2 Å². The molecule has 0 fully saturated rings. The summed E-state index contributed by atoms with van der Waals surface area (Å²) in [4.78, 5) is 0. The lowest BCUT2D eigenvalue weighted by Gasteiger charge is -2.42. The van der Waals surface area contributed by atoms with Gasteiger partial charge in [-0.05, 0) is 45.5 Å². The number of benzene rings is 3. The van der Waals surface area contributed by atoms with Crippen LogP contribution in [0.15, 0.2) is 60.7 Å². The second-order valence-electron chi connectivity index (χ2n) is 9.65. The molecule has 0 atom stereocenters. The van der Waals surface area contributed by atoms with Crippen LogP contribution in [0.3, 0.4) is 0 Å². The largest absolute Gasteiger partial charge is 0.487 e. The zero-order chi connectivity index (χ0) is 27.6. The van der Waals surface area contributed by atoms with Crippen molar-refractivity contribution in [2.24, 2.45) is 0 Å². The predicted molar refractivity (Wildman–Crippen MR) is 150 cm³/mol. The lowest BCUT2D eigenvalue weighted by Crippen LogP contribution is -2.27. The molecule has 6 rings (SSSR count). The van der Waals surface area contributed by atoms with Crippen LogP contribution in [0.4, 0.5) is 0 Å². The molecule has 8 heteroatoms. The van der Waals surface area contributed by atoms with Gasteiger partial charge in [-0.1, -0.05) is 48.5 Å². The molecule has 0 unspecified atom stereocenters. The van der Waals surface area contributed by atoms with Gasteiger partial charge in [0.2, 0.25) is 0 Å². The molecule has 3 aliphatic rings. The summed E-state index contributed by atoms with van der Waals surface area (Å²) in [6.07, 6.45) is 0. The summed E-state index contributed by atoms with van der Waals surface area (Å²) >= 11 is 0. The first-order valence-corrected chi connectivity index (χ1v) is 14.0. The number of ether oxygens (including phenoxy) is 6. The minimum absolute atomic E-state index is 0.00352. The molecule has 0 saturated heterocycles. The maximum Gasteiger partial charge on any atom is 0.161 e. The third-order valence-electron chi connectivity index (χ3n) is 7.19. The van der Waals surface area contributed by atoms with Crippen LogP contribution >= 0.6 is 0 Å². The fourth-order valence-electron chi connectivity index (χ4n) is 5.59. The number of aliphatic hydroxyl groups excluding tert-OH is 2.